The molecule has 0 unspecified atom stereocenters. The highest BCUT2D eigenvalue weighted by Gasteiger charge is 2.31. The summed E-state index contributed by atoms with van der Waals surface area (Å²) in [5.41, 5.74) is 1.06. The zero-order chi connectivity index (χ0) is 14.7. The Morgan fingerprint density at radius 2 is 2.00 bits per heavy atom. The number of carbonyl (C=O) groups is 2. The molecular formula is C15H18ClNO3. The topological polar surface area (TPSA) is 46.6 Å². The first-order valence-electron chi connectivity index (χ1n) is 6.71. The van der Waals surface area contributed by atoms with Crippen molar-refractivity contribution in [1.29, 1.82) is 0 Å². The Bertz CT molecular complexity index is 498. The molecule has 0 aromatic heterocycles. The highest BCUT2D eigenvalue weighted by molar-refractivity contribution is 6.30. The van der Waals surface area contributed by atoms with Crippen LogP contribution in [0.25, 0.3) is 0 Å². The number of hydrogen-bond acceptors (Lipinski definition) is 3. The van der Waals surface area contributed by atoms with Crippen molar-refractivity contribution in [2.75, 3.05) is 13.2 Å². The normalized spacial score (nSPS) is 16.4. The van der Waals surface area contributed by atoms with Gasteiger partial charge in [0.15, 0.2) is 0 Å². The SMILES string of the molecule is CC(C)[C@@H](CC(=O)N1CCOC1=O)c1ccc(Cl)cc1. The van der Waals surface area contributed by atoms with Gasteiger partial charge >= 0.3 is 6.09 Å². The monoisotopic (exact) mass is 295 g/mol. The number of nitrogens with zero attached hydrogens (tertiary/aromatic N) is 1. The molecule has 0 N–H and O–H groups in total. The standard InChI is InChI=1S/C15H18ClNO3/c1-10(2)13(11-3-5-12(16)6-4-11)9-14(18)17-7-8-20-15(17)19/h3-6,10,13H,7-9H2,1-2H3/t13-/m1/s1. The number of hydrogen-bond donors (Lipinski definition) is 0. The molecule has 0 saturated carbocycles. The molecule has 1 heterocycles. The van der Waals surface area contributed by atoms with E-state index in [1.54, 1.807) is 0 Å². The van der Waals surface area contributed by atoms with Crippen LogP contribution in [0.3, 0.4) is 0 Å². The molecule has 0 radical (unpaired) electrons. The Kier molecular flexibility index (Phi) is 4.65. The van der Waals surface area contributed by atoms with Crippen molar-refractivity contribution < 1.29 is 14.3 Å². The summed E-state index contributed by atoms with van der Waals surface area (Å²) in [5, 5.41) is 0.672. The fraction of sp³-hybridized carbons (Fsp3) is 0.467. The number of ether oxygens (including phenoxy) is 1. The van der Waals surface area contributed by atoms with Crippen LogP contribution in [0.5, 0.6) is 0 Å². The number of amides is 2. The van der Waals surface area contributed by atoms with Crippen LogP contribution in [-0.2, 0) is 9.53 Å². The van der Waals surface area contributed by atoms with Gasteiger partial charge in [0.05, 0.1) is 6.54 Å². The maximum absolute atomic E-state index is 12.2. The minimum absolute atomic E-state index is 0.0631. The molecule has 0 spiro atoms. The molecule has 20 heavy (non-hydrogen) atoms. The van der Waals surface area contributed by atoms with Gasteiger partial charge < -0.3 is 4.74 Å². The zero-order valence-electron chi connectivity index (χ0n) is 11.6. The van der Waals surface area contributed by atoms with Crippen molar-refractivity contribution in [3.8, 4) is 0 Å². The van der Waals surface area contributed by atoms with E-state index in [1.165, 1.54) is 4.90 Å². The average Bonchev–Trinajstić information content (AvgIpc) is 2.83. The maximum Gasteiger partial charge on any atom is 0.416 e. The van der Waals surface area contributed by atoms with Gasteiger partial charge in [0.2, 0.25) is 5.91 Å². The molecule has 1 aliphatic rings. The molecule has 1 atom stereocenters. The second-order valence-corrected chi connectivity index (χ2v) is 5.70. The van der Waals surface area contributed by atoms with Crippen molar-refractivity contribution >= 4 is 23.6 Å². The fourth-order valence-electron chi connectivity index (χ4n) is 2.37. The highest BCUT2D eigenvalue weighted by atomic mass is 35.5. The van der Waals surface area contributed by atoms with Crippen LogP contribution in [0.1, 0.15) is 31.7 Å². The third-order valence-electron chi connectivity index (χ3n) is 3.56. The lowest BCUT2D eigenvalue weighted by Crippen LogP contribution is -2.33. The molecule has 4 nitrogen and oxygen atoms in total. The first kappa shape index (κ1) is 14.9. The summed E-state index contributed by atoms with van der Waals surface area (Å²) in [6.45, 7) is 4.77. The minimum atomic E-state index is -0.534. The Morgan fingerprint density at radius 1 is 1.35 bits per heavy atom. The van der Waals surface area contributed by atoms with E-state index in [0.29, 0.717) is 23.9 Å². The highest BCUT2D eigenvalue weighted by Crippen LogP contribution is 2.29. The molecular weight excluding hydrogens is 278 g/mol. The van der Waals surface area contributed by atoms with Crippen LogP contribution in [0.15, 0.2) is 24.3 Å². The van der Waals surface area contributed by atoms with Crippen LogP contribution < -0.4 is 0 Å². The number of halogens is 1. The van der Waals surface area contributed by atoms with Crippen LogP contribution in [0.4, 0.5) is 4.79 Å². The van der Waals surface area contributed by atoms with Gasteiger partial charge in [-0.3, -0.25) is 4.79 Å². The van der Waals surface area contributed by atoms with Gasteiger partial charge in [-0.25, -0.2) is 9.69 Å². The molecule has 1 saturated heterocycles. The summed E-state index contributed by atoms with van der Waals surface area (Å²) in [6.07, 6.45) is -0.234. The lowest BCUT2D eigenvalue weighted by molar-refractivity contribution is -0.128. The van der Waals surface area contributed by atoms with Crippen molar-refractivity contribution in [2.45, 2.75) is 26.2 Å². The quantitative estimate of drug-likeness (QED) is 0.855. The van der Waals surface area contributed by atoms with Gasteiger partial charge in [-0.2, -0.15) is 0 Å². The summed E-state index contributed by atoms with van der Waals surface area (Å²) < 4.78 is 4.80. The average molecular weight is 296 g/mol. The van der Waals surface area contributed by atoms with Crippen LogP contribution >= 0.6 is 11.6 Å². The predicted octanol–water partition coefficient (Wildman–Crippen LogP) is 3.45. The van der Waals surface area contributed by atoms with Crippen LogP contribution in [0.2, 0.25) is 5.02 Å². The van der Waals surface area contributed by atoms with E-state index in [4.69, 9.17) is 16.3 Å². The molecule has 1 aliphatic heterocycles. The van der Waals surface area contributed by atoms with E-state index >= 15 is 0 Å². The van der Waals surface area contributed by atoms with E-state index in [2.05, 4.69) is 13.8 Å². The van der Waals surface area contributed by atoms with Gasteiger partial charge in [0.25, 0.3) is 0 Å². The van der Waals surface area contributed by atoms with E-state index in [-0.39, 0.29) is 18.4 Å². The second kappa shape index (κ2) is 6.27. The number of imide groups is 1. The number of carbonyl (C=O) groups excluding carboxylic acids is 2. The van der Waals surface area contributed by atoms with Crippen LogP contribution in [-0.4, -0.2) is 30.1 Å². The Morgan fingerprint density at radius 3 is 2.50 bits per heavy atom. The van der Waals surface area contributed by atoms with Gasteiger partial charge in [0, 0.05) is 11.4 Å². The van der Waals surface area contributed by atoms with Gasteiger partial charge in [-0.1, -0.05) is 37.6 Å². The molecule has 1 aromatic rings. The summed E-state index contributed by atoms with van der Waals surface area (Å²) in [6, 6.07) is 7.51. The number of benzene rings is 1. The summed E-state index contributed by atoms with van der Waals surface area (Å²) in [4.78, 5) is 24.8. The van der Waals surface area contributed by atoms with E-state index in [9.17, 15) is 9.59 Å². The van der Waals surface area contributed by atoms with E-state index in [1.807, 2.05) is 24.3 Å². The first-order chi connectivity index (χ1) is 9.49. The third-order valence-corrected chi connectivity index (χ3v) is 3.81. The molecule has 1 aromatic carbocycles. The van der Waals surface area contributed by atoms with E-state index in [0.717, 1.165) is 5.56 Å². The zero-order valence-corrected chi connectivity index (χ0v) is 12.4. The lowest BCUT2D eigenvalue weighted by atomic mass is 9.85. The summed E-state index contributed by atoms with van der Waals surface area (Å²) in [7, 11) is 0. The second-order valence-electron chi connectivity index (χ2n) is 5.27. The van der Waals surface area contributed by atoms with Gasteiger partial charge in [-0.05, 0) is 29.5 Å². The van der Waals surface area contributed by atoms with Gasteiger partial charge in [0.1, 0.15) is 6.61 Å². The molecule has 5 heteroatoms. The largest absolute Gasteiger partial charge is 0.447 e. The smallest absolute Gasteiger partial charge is 0.416 e. The molecule has 0 bridgehead atoms. The summed E-state index contributed by atoms with van der Waals surface area (Å²) in [5.74, 6) is 0.174. The van der Waals surface area contributed by atoms with Crippen LogP contribution in [0, 0.1) is 5.92 Å². The fourth-order valence-corrected chi connectivity index (χ4v) is 2.49. The Balaban J connectivity index is 2.11. The molecule has 1 fully saturated rings. The van der Waals surface area contributed by atoms with Crippen molar-refractivity contribution in [3.05, 3.63) is 34.9 Å². The Labute approximate surface area is 123 Å². The molecule has 2 amide bonds. The minimum Gasteiger partial charge on any atom is -0.447 e. The third kappa shape index (κ3) is 3.31. The van der Waals surface area contributed by atoms with Crippen molar-refractivity contribution in [1.82, 2.24) is 4.90 Å². The number of rotatable bonds is 4. The molecule has 108 valence electrons. The molecule has 0 aliphatic carbocycles. The molecule has 2 rings (SSSR count). The van der Waals surface area contributed by atoms with Crippen molar-refractivity contribution in [3.63, 3.8) is 0 Å². The van der Waals surface area contributed by atoms with E-state index < -0.39 is 6.09 Å². The lowest BCUT2D eigenvalue weighted by Gasteiger charge is -2.22. The first-order valence-corrected chi connectivity index (χ1v) is 7.09. The predicted molar refractivity (Wildman–Crippen MR) is 76.7 cm³/mol. The Hall–Kier alpha value is -1.55. The van der Waals surface area contributed by atoms with Gasteiger partial charge in [-0.15, -0.1) is 0 Å². The number of cyclic esters (lactones) is 1. The maximum atomic E-state index is 12.2. The summed E-state index contributed by atoms with van der Waals surface area (Å²) >= 11 is 5.89. The van der Waals surface area contributed by atoms with Crippen molar-refractivity contribution in [2.24, 2.45) is 5.92 Å².